The number of rotatable bonds is 7. The maximum absolute atomic E-state index is 11.8. The van der Waals surface area contributed by atoms with Crippen molar-refractivity contribution < 1.29 is 23.8 Å². The van der Waals surface area contributed by atoms with Gasteiger partial charge in [0.15, 0.2) is 0 Å². The number of benzene rings is 1. The Kier molecular flexibility index (Phi) is 6.02. The van der Waals surface area contributed by atoms with Gasteiger partial charge in [-0.05, 0) is 52.7 Å². The molecule has 134 valence electrons. The summed E-state index contributed by atoms with van der Waals surface area (Å²) >= 11 is 0. The lowest BCUT2D eigenvalue weighted by Crippen LogP contribution is -2.04. The first-order valence-corrected chi connectivity index (χ1v) is 8.25. The van der Waals surface area contributed by atoms with Crippen LogP contribution < -0.4 is 9.47 Å². The number of cyclic esters (lactones) is 2. The van der Waals surface area contributed by atoms with Gasteiger partial charge in [-0.2, -0.15) is 0 Å². The van der Waals surface area contributed by atoms with Crippen molar-refractivity contribution in [2.24, 2.45) is 0 Å². The smallest absolute Gasteiger partial charge is 0.350 e. The van der Waals surface area contributed by atoms with E-state index in [4.69, 9.17) is 9.47 Å². The molecular weight excluding hydrogens is 320 g/mol. The van der Waals surface area contributed by atoms with Gasteiger partial charge in [0.05, 0.1) is 12.7 Å². The minimum atomic E-state index is -0.679. The molecule has 0 spiro atoms. The third-order valence-electron chi connectivity index (χ3n) is 4.06. The third kappa shape index (κ3) is 4.29. The Morgan fingerprint density at radius 1 is 1.16 bits per heavy atom. The average Bonchev–Trinajstić information content (AvgIpc) is 2.82. The largest absolute Gasteiger partial charge is 0.495 e. The molecule has 1 heterocycles. The van der Waals surface area contributed by atoms with Crippen LogP contribution in [0.25, 0.3) is 0 Å². The van der Waals surface area contributed by atoms with Crippen molar-refractivity contribution in [3.63, 3.8) is 0 Å². The molecule has 5 nitrogen and oxygen atoms in total. The minimum absolute atomic E-state index is 0.172. The van der Waals surface area contributed by atoms with E-state index in [0.717, 1.165) is 12.8 Å². The van der Waals surface area contributed by atoms with E-state index >= 15 is 0 Å². The highest BCUT2D eigenvalue weighted by Crippen LogP contribution is 2.38. The summed E-state index contributed by atoms with van der Waals surface area (Å²) in [4.78, 5) is 23.6. The number of methoxy groups -OCH3 is 1. The summed E-state index contributed by atoms with van der Waals surface area (Å²) in [5, 5.41) is 0. The first-order valence-electron chi connectivity index (χ1n) is 8.25. The van der Waals surface area contributed by atoms with Crippen LogP contribution in [0, 0.1) is 6.92 Å². The van der Waals surface area contributed by atoms with E-state index in [1.54, 1.807) is 13.0 Å². The molecule has 1 aromatic rings. The zero-order valence-electron chi connectivity index (χ0n) is 15.4. The number of carbonyl (C=O) groups excluding carboxylic acids is 2. The number of ether oxygens (including phenoxy) is 3. The number of carbonyl (C=O) groups is 2. The molecule has 0 saturated carbocycles. The topological polar surface area (TPSA) is 61.8 Å². The maximum Gasteiger partial charge on any atom is 0.350 e. The summed E-state index contributed by atoms with van der Waals surface area (Å²) in [6.07, 6.45) is 6.20. The van der Waals surface area contributed by atoms with Gasteiger partial charge in [0.1, 0.15) is 23.7 Å². The zero-order valence-corrected chi connectivity index (χ0v) is 15.4. The predicted octanol–water partition coefficient (Wildman–Crippen LogP) is 4.39. The van der Waals surface area contributed by atoms with E-state index in [9.17, 15) is 9.59 Å². The Bertz CT molecular complexity index is 752. The fraction of sp³-hybridized carbons (Fsp3) is 0.400. The number of hydrogen-bond donors (Lipinski definition) is 0. The lowest BCUT2D eigenvalue weighted by Gasteiger charge is -2.13. The SMILES string of the molecule is COc1c(C)c(OC/C=C(\C)CCC=C(C)C)cc2c1C(=O)OC2=O. The second kappa shape index (κ2) is 8.01. The van der Waals surface area contributed by atoms with Gasteiger partial charge >= 0.3 is 11.9 Å². The van der Waals surface area contributed by atoms with Crippen LogP contribution in [0.5, 0.6) is 11.5 Å². The molecule has 0 radical (unpaired) electrons. The van der Waals surface area contributed by atoms with Gasteiger partial charge in [-0.1, -0.05) is 17.2 Å². The van der Waals surface area contributed by atoms with Gasteiger partial charge < -0.3 is 14.2 Å². The van der Waals surface area contributed by atoms with Crippen LogP contribution in [-0.4, -0.2) is 25.7 Å². The van der Waals surface area contributed by atoms with Crippen LogP contribution in [0.3, 0.4) is 0 Å². The quantitative estimate of drug-likeness (QED) is 0.417. The molecule has 1 aliphatic heterocycles. The highest BCUT2D eigenvalue weighted by atomic mass is 16.6. The highest BCUT2D eigenvalue weighted by molar-refractivity contribution is 6.16. The normalized spacial score (nSPS) is 13.4. The van der Waals surface area contributed by atoms with Gasteiger partial charge in [0, 0.05) is 5.56 Å². The van der Waals surface area contributed by atoms with Crippen molar-refractivity contribution in [3.05, 3.63) is 46.1 Å². The number of allylic oxidation sites excluding steroid dienone is 3. The van der Waals surface area contributed by atoms with Crippen molar-refractivity contribution in [2.45, 2.75) is 40.5 Å². The second-order valence-corrected chi connectivity index (χ2v) is 6.31. The fourth-order valence-electron chi connectivity index (χ4n) is 2.66. The molecule has 0 atom stereocenters. The van der Waals surface area contributed by atoms with E-state index < -0.39 is 11.9 Å². The Morgan fingerprint density at radius 2 is 1.88 bits per heavy atom. The highest BCUT2D eigenvalue weighted by Gasteiger charge is 2.35. The van der Waals surface area contributed by atoms with Gasteiger partial charge in [-0.15, -0.1) is 0 Å². The summed E-state index contributed by atoms with van der Waals surface area (Å²) in [7, 11) is 1.45. The van der Waals surface area contributed by atoms with Crippen molar-refractivity contribution in [1.82, 2.24) is 0 Å². The van der Waals surface area contributed by atoms with Crippen LogP contribution in [-0.2, 0) is 4.74 Å². The molecular formula is C20H24O5. The van der Waals surface area contributed by atoms with Crippen molar-refractivity contribution in [3.8, 4) is 11.5 Å². The van der Waals surface area contributed by atoms with Crippen molar-refractivity contribution in [1.29, 1.82) is 0 Å². The van der Waals surface area contributed by atoms with Crippen molar-refractivity contribution in [2.75, 3.05) is 13.7 Å². The van der Waals surface area contributed by atoms with E-state index in [-0.39, 0.29) is 11.1 Å². The van der Waals surface area contributed by atoms with Gasteiger partial charge in [0.25, 0.3) is 0 Å². The first kappa shape index (κ1) is 18.8. The molecule has 0 fully saturated rings. The van der Waals surface area contributed by atoms with Crippen LogP contribution in [0.2, 0.25) is 0 Å². The number of fused-ring (bicyclic) bond motifs is 1. The van der Waals surface area contributed by atoms with Crippen LogP contribution in [0.1, 0.15) is 59.9 Å². The number of esters is 2. The Labute approximate surface area is 148 Å². The standard InChI is InChI=1S/C20H24O5/c1-12(2)7-6-8-13(3)9-10-24-16-11-15-17(18(23-5)14(16)4)20(22)25-19(15)21/h7,9,11H,6,8,10H2,1-5H3/b13-9+. The maximum atomic E-state index is 11.8. The molecule has 0 unspecified atom stereocenters. The van der Waals surface area contributed by atoms with Crippen molar-refractivity contribution >= 4 is 11.9 Å². The molecule has 2 rings (SSSR count). The van der Waals surface area contributed by atoms with E-state index in [2.05, 4.69) is 31.6 Å². The Morgan fingerprint density at radius 3 is 2.52 bits per heavy atom. The summed E-state index contributed by atoms with van der Waals surface area (Å²) in [6, 6.07) is 1.55. The summed E-state index contributed by atoms with van der Waals surface area (Å²) < 4.78 is 15.8. The van der Waals surface area contributed by atoms with E-state index in [1.165, 1.54) is 18.3 Å². The van der Waals surface area contributed by atoms with Crippen LogP contribution in [0.4, 0.5) is 0 Å². The molecule has 0 amide bonds. The summed E-state index contributed by atoms with van der Waals surface area (Å²) in [5.41, 5.74) is 3.57. The first-order chi connectivity index (χ1) is 11.8. The Hall–Kier alpha value is -2.56. The molecule has 0 bridgehead atoms. The van der Waals surface area contributed by atoms with Crippen LogP contribution in [0.15, 0.2) is 29.4 Å². The monoisotopic (exact) mass is 344 g/mol. The van der Waals surface area contributed by atoms with Gasteiger partial charge in [-0.3, -0.25) is 0 Å². The molecule has 0 aliphatic carbocycles. The van der Waals surface area contributed by atoms with E-state index in [1.807, 2.05) is 6.08 Å². The lowest BCUT2D eigenvalue weighted by molar-refractivity contribution is 0.0442. The minimum Gasteiger partial charge on any atom is -0.495 e. The second-order valence-electron chi connectivity index (χ2n) is 6.31. The third-order valence-corrected chi connectivity index (χ3v) is 4.06. The molecule has 1 aliphatic rings. The Balaban J connectivity index is 2.13. The van der Waals surface area contributed by atoms with Gasteiger partial charge in [-0.25, -0.2) is 9.59 Å². The molecule has 0 aromatic heterocycles. The molecule has 25 heavy (non-hydrogen) atoms. The fourth-order valence-corrected chi connectivity index (χ4v) is 2.66. The average molecular weight is 344 g/mol. The summed E-state index contributed by atoms with van der Waals surface area (Å²) in [5.74, 6) is -0.513. The van der Waals surface area contributed by atoms with Gasteiger partial charge in [0.2, 0.25) is 0 Å². The molecule has 0 saturated heterocycles. The van der Waals surface area contributed by atoms with E-state index in [0.29, 0.717) is 23.7 Å². The molecule has 1 aromatic carbocycles. The summed E-state index contributed by atoms with van der Waals surface area (Å²) in [6.45, 7) is 8.40. The van der Waals surface area contributed by atoms with Crippen LogP contribution >= 0.6 is 0 Å². The zero-order chi connectivity index (χ0) is 18.6. The lowest BCUT2D eigenvalue weighted by atomic mass is 10.0. The number of hydrogen-bond acceptors (Lipinski definition) is 5. The molecule has 5 heteroatoms. The predicted molar refractivity (Wildman–Crippen MR) is 95.4 cm³/mol. The molecule has 0 N–H and O–H groups in total.